The Morgan fingerprint density at radius 1 is 1.16 bits per heavy atom. The molecule has 3 aromatic carbocycles. The standard InChI is InChI=1S/C25H23BrN2O3S/c1-3-4-12-31-23-19(26)13-16(14-21(23)30-2)15-22-24(29)28-25(32-22)27-20-11-7-9-17-8-5-6-10-18(17)20/h5-11,13-15H,3-4,12H2,1-2H3,(H,27,28,29)/b22-15+. The molecule has 164 valence electrons. The van der Waals surface area contributed by atoms with Crippen LogP contribution < -0.4 is 14.8 Å². The number of nitrogens with one attached hydrogen (secondary N) is 1. The Hall–Kier alpha value is -2.77. The van der Waals surface area contributed by atoms with Gasteiger partial charge < -0.3 is 14.8 Å². The minimum absolute atomic E-state index is 0.174. The number of nitrogens with zero attached hydrogens (tertiary/aromatic N) is 1. The molecule has 0 spiro atoms. The first-order valence-electron chi connectivity index (χ1n) is 10.4. The van der Waals surface area contributed by atoms with Gasteiger partial charge >= 0.3 is 0 Å². The minimum atomic E-state index is -0.174. The molecule has 1 fully saturated rings. The molecular formula is C25H23BrN2O3S. The van der Waals surface area contributed by atoms with Gasteiger partial charge in [0.25, 0.3) is 5.91 Å². The van der Waals surface area contributed by atoms with Crippen LogP contribution in [0.5, 0.6) is 11.5 Å². The lowest BCUT2D eigenvalue weighted by Gasteiger charge is -2.13. The molecule has 0 saturated carbocycles. The Kier molecular flexibility index (Phi) is 7.17. The van der Waals surface area contributed by atoms with E-state index in [2.05, 4.69) is 33.2 Å². The van der Waals surface area contributed by atoms with Crippen LogP contribution in [0.4, 0.5) is 5.69 Å². The summed E-state index contributed by atoms with van der Waals surface area (Å²) in [4.78, 5) is 17.8. The van der Waals surface area contributed by atoms with Crippen molar-refractivity contribution in [1.29, 1.82) is 0 Å². The molecule has 0 aliphatic carbocycles. The average Bonchev–Trinajstić information content (AvgIpc) is 3.13. The Balaban J connectivity index is 1.59. The minimum Gasteiger partial charge on any atom is -0.493 e. The molecule has 0 radical (unpaired) electrons. The molecule has 1 aliphatic heterocycles. The average molecular weight is 511 g/mol. The van der Waals surface area contributed by atoms with Crippen molar-refractivity contribution in [2.75, 3.05) is 13.7 Å². The summed E-state index contributed by atoms with van der Waals surface area (Å²) < 4.78 is 12.2. The first-order chi connectivity index (χ1) is 15.6. The largest absolute Gasteiger partial charge is 0.493 e. The van der Waals surface area contributed by atoms with Gasteiger partial charge in [0.05, 0.1) is 28.8 Å². The molecule has 0 unspecified atom stereocenters. The van der Waals surface area contributed by atoms with Crippen LogP contribution in [0.15, 0.2) is 69.0 Å². The lowest BCUT2D eigenvalue weighted by molar-refractivity contribution is -0.115. The van der Waals surface area contributed by atoms with Gasteiger partial charge in [0.1, 0.15) is 0 Å². The number of carbonyl (C=O) groups is 1. The topological polar surface area (TPSA) is 59.9 Å². The van der Waals surface area contributed by atoms with E-state index in [-0.39, 0.29) is 5.91 Å². The van der Waals surface area contributed by atoms with Crippen LogP contribution in [-0.4, -0.2) is 24.8 Å². The quantitative estimate of drug-likeness (QED) is 0.284. The van der Waals surface area contributed by atoms with Gasteiger partial charge in [0, 0.05) is 5.39 Å². The molecule has 1 aliphatic rings. The van der Waals surface area contributed by atoms with Crippen LogP contribution in [0.1, 0.15) is 25.3 Å². The van der Waals surface area contributed by atoms with E-state index in [1.807, 2.05) is 60.7 Å². The monoisotopic (exact) mass is 510 g/mol. The second kappa shape index (κ2) is 10.2. The van der Waals surface area contributed by atoms with E-state index in [0.29, 0.717) is 28.2 Å². The van der Waals surface area contributed by atoms with Crippen LogP contribution in [0, 0.1) is 0 Å². The molecule has 0 atom stereocenters. The highest BCUT2D eigenvalue weighted by atomic mass is 79.9. The second-order valence-electron chi connectivity index (χ2n) is 7.22. The number of halogens is 1. The van der Waals surface area contributed by atoms with Crippen molar-refractivity contribution in [3.05, 3.63) is 69.5 Å². The number of amidine groups is 1. The van der Waals surface area contributed by atoms with Gasteiger partial charge in [0.15, 0.2) is 16.7 Å². The van der Waals surface area contributed by atoms with E-state index < -0.39 is 0 Å². The van der Waals surface area contributed by atoms with Crippen molar-refractivity contribution in [1.82, 2.24) is 5.32 Å². The number of amides is 1. The maximum Gasteiger partial charge on any atom is 0.264 e. The molecule has 5 nitrogen and oxygen atoms in total. The fourth-order valence-corrected chi connectivity index (χ4v) is 4.74. The van der Waals surface area contributed by atoms with Crippen molar-refractivity contribution in [2.24, 2.45) is 4.99 Å². The molecule has 1 heterocycles. The number of rotatable bonds is 7. The number of hydrogen-bond acceptors (Lipinski definition) is 5. The van der Waals surface area contributed by atoms with Crippen LogP contribution in [0.2, 0.25) is 0 Å². The molecular weight excluding hydrogens is 488 g/mol. The number of hydrogen-bond donors (Lipinski definition) is 1. The molecule has 1 amide bonds. The van der Waals surface area contributed by atoms with E-state index in [4.69, 9.17) is 9.47 Å². The van der Waals surface area contributed by atoms with Crippen molar-refractivity contribution < 1.29 is 14.3 Å². The Morgan fingerprint density at radius 3 is 2.78 bits per heavy atom. The molecule has 7 heteroatoms. The van der Waals surface area contributed by atoms with E-state index in [0.717, 1.165) is 39.3 Å². The molecule has 0 aromatic heterocycles. The van der Waals surface area contributed by atoms with Crippen molar-refractivity contribution >= 4 is 61.3 Å². The normalized spacial score (nSPS) is 16.0. The van der Waals surface area contributed by atoms with Gasteiger partial charge in [-0.2, -0.15) is 0 Å². The molecule has 1 N–H and O–H groups in total. The Bertz CT molecular complexity index is 1220. The fraction of sp³-hybridized carbons (Fsp3) is 0.200. The second-order valence-corrected chi connectivity index (χ2v) is 9.10. The number of fused-ring (bicyclic) bond motifs is 1. The number of carbonyl (C=O) groups excluding carboxylic acids is 1. The molecule has 4 rings (SSSR count). The van der Waals surface area contributed by atoms with E-state index in [1.54, 1.807) is 7.11 Å². The zero-order chi connectivity index (χ0) is 22.5. The van der Waals surface area contributed by atoms with Gasteiger partial charge in [-0.25, -0.2) is 4.99 Å². The molecule has 3 aromatic rings. The maximum atomic E-state index is 12.6. The number of benzene rings is 3. The summed E-state index contributed by atoms with van der Waals surface area (Å²) in [7, 11) is 1.61. The van der Waals surface area contributed by atoms with Crippen molar-refractivity contribution in [3.63, 3.8) is 0 Å². The Morgan fingerprint density at radius 2 is 1.97 bits per heavy atom. The highest BCUT2D eigenvalue weighted by Gasteiger charge is 2.24. The lowest BCUT2D eigenvalue weighted by atomic mass is 10.1. The SMILES string of the molecule is CCCCOc1c(Br)cc(/C=C2/SC(=Nc3cccc4ccccc34)NC2=O)cc1OC. The summed E-state index contributed by atoms with van der Waals surface area (Å²) >= 11 is 4.89. The van der Waals surface area contributed by atoms with Crippen LogP contribution in [-0.2, 0) is 4.79 Å². The van der Waals surface area contributed by atoms with Crippen molar-refractivity contribution in [2.45, 2.75) is 19.8 Å². The van der Waals surface area contributed by atoms with E-state index in [9.17, 15) is 4.79 Å². The predicted octanol–water partition coefficient (Wildman–Crippen LogP) is 6.68. The third kappa shape index (κ3) is 5.00. The van der Waals surface area contributed by atoms with E-state index >= 15 is 0 Å². The molecule has 0 bridgehead atoms. The number of ether oxygens (including phenoxy) is 2. The number of aliphatic imine (C=N–C) groups is 1. The van der Waals surface area contributed by atoms with Gasteiger partial charge in [-0.3, -0.25) is 4.79 Å². The summed E-state index contributed by atoms with van der Waals surface area (Å²) in [5, 5.41) is 5.58. The van der Waals surface area contributed by atoms with Gasteiger partial charge in [-0.1, -0.05) is 49.7 Å². The smallest absolute Gasteiger partial charge is 0.264 e. The Labute approximate surface area is 200 Å². The summed E-state index contributed by atoms with van der Waals surface area (Å²) in [6, 6.07) is 17.8. The highest BCUT2D eigenvalue weighted by Crippen LogP contribution is 2.38. The number of thioether (sulfide) groups is 1. The first kappa shape index (κ1) is 22.4. The third-order valence-corrected chi connectivity index (χ3v) is 6.43. The van der Waals surface area contributed by atoms with Crippen molar-refractivity contribution in [3.8, 4) is 11.5 Å². The summed E-state index contributed by atoms with van der Waals surface area (Å²) in [5.74, 6) is 1.12. The number of methoxy groups -OCH3 is 1. The summed E-state index contributed by atoms with van der Waals surface area (Å²) in [6.45, 7) is 2.74. The summed E-state index contributed by atoms with van der Waals surface area (Å²) in [6.07, 6.45) is 3.85. The van der Waals surface area contributed by atoms with Crippen LogP contribution in [0.3, 0.4) is 0 Å². The number of unbranched alkanes of at least 4 members (excludes halogenated alkanes) is 1. The highest BCUT2D eigenvalue weighted by molar-refractivity contribution is 9.10. The van der Waals surface area contributed by atoms with Gasteiger partial charge in [-0.15, -0.1) is 0 Å². The van der Waals surface area contributed by atoms with Gasteiger partial charge in [0.2, 0.25) is 0 Å². The molecule has 1 saturated heterocycles. The first-order valence-corrected chi connectivity index (χ1v) is 12.0. The summed E-state index contributed by atoms with van der Waals surface area (Å²) in [5.41, 5.74) is 1.66. The van der Waals surface area contributed by atoms with Crippen LogP contribution >= 0.6 is 27.7 Å². The molecule has 32 heavy (non-hydrogen) atoms. The zero-order valence-electron chi connectivity index (χ0n) is 17.9. The fourth-order valence-electron chi connectivity index (χ4n) is 3.33. The lowest BCUT2D eigenvalue weighted by Crippen LogP contribution is -2.19. The maximum absolute atomic E-state index is 12.6. The van der Waals surface area contributed by atoms with Gasteiger partial charge in [-0.05, 0) is 69.3 Å². The van der Waals surface area contributed by atoms with Crippen LogP contribution in [0.25, 0.3) is 16.8 Å². The zero-order valence-corrected chi connectivity index (χ0v) is 20.3. The third-order valence-electron chi connectivity index (χ3n) is 4.93. The predicted molar refractivity (Wildman–Crippen MR) is 136 cm³/mol. The van der Waals surface area contributed by atoms with E-state index in [1.165, 1.54) is 11.8 Å².